The predicted molar refractivity (Wildman–Crippen MR) is 112 cm³/mol. The Bertz CT molecular complexity index is 1110. The maximum absolute atomic E-state index is 13.0. The molecule has 1 aliphatic heterocycles. The van der Waals surface area contributed by atoms with Gasteiger partial charge >= 0.3 is 17.6 Å². The van der Waals surface area contributed by atoms with Gasteiger partial charge in [-0.2, -0.15) is 0 Å². The summed E-state index contributed by atoms with van der Waals surface area (Å²) in [6.07, 6.45) is 2.82. The highest BCUT2D eigenvalue weighted by molar-refractivity contribution is 5.89. The van der Waals surface area contributed by atoms with E-state index in [0.717, 1.165) is 24.3 Å². The van der Waals surface area contributed by atoms with E-state index >= 15 is 0 Å². The molecule has 0 aliphatic carbocycles. The van der Waals surface area contributed by atoms with Crippen LogP contribution in [0.25, 0.3) is 16.9 Å². The molecule has 3 N–H and O–H groups in total. The number of ether oxygens (including phenoxy) is 1. The SMILES string of the molecule is O=C(O)/C=C\C(=O)O.O=c1n(CC2CNCCO2)c2ncccc2n1-c1ccccc1. The molecule has 31 heavy (non-hydrogen) atoms. The lowest BCUT2D eigenvalue weighted by molar-refractivity contribution is -0.134. The Labute approximate surface area is 177 Å². The highest BCUT2D eigenvalue weighted by Crippen LogP contribution is 2.16. The molecule has 4 rings (SSSR count). The first-order valence-corrected chi connectivity index (χ1v) is 9.55. The summed E-state index contributed by atoms with van der Waals surface area (Å²) in [7, 11) is 0. The number of carboxylic acid groups (broad SMARTS) is 2. The number of para-hydroxylation sites is 1. The summed E-state index contributed by atoms with van der Waals surface area (Å²) in [6, 6.07) is 13.4. The molecule has 0 spiro atoms. The van der Waals surface area contributed by atoms with Gasteiger partial charge in [0.2, 0.25) is 0 Å². The number of hydrogen-bond acceptors (Lipinski definition) is 6. The van der Waals surface area contributed by atoms with Crippen LogP contribution in [-0.2, 0) is 20.9 Å². The van der Waals surface area contributed by atoms with Crippen molar-refractivity contribution in [3.63, 3.8) is 0 Å². The highest BCUT2D eigenvalue weighted by atomic mass is 16.5. The third-order valence-corrected chi connectivity index (χ3v) is 4.46. The largest absolute Gasteiger partial charge is 0.478 e. The van der Waals surface area contributed by atoms with Crippen molar-refractivity contribution in [2.75, 3.05) is 19.7 Å². The number of imidazole rings is 1. The third-order valence-electron chi connectivity index (χ3n) is 4.46. The summed E-state index contributed by atoms with van der Waals surface area (Å²) in [5.41, 5.74) is 2.26. The average Bonchev–Trinajstić information content (AvgIpc) is 3.05. The van der Waals surface area contributed by atoms with Gasteiger partial charge < -0.3 is 20.3 Å². The quantitative estimate of drug-likeness (QED) is 0.512. The topological polar surface area (TPSA) is 136 Å². The number of nitrogens with one attached hydrogen (secondary N) is 1. The van der Waals surface area contributed by atoms with Crippen LogP contribution in [0.2, 0.25) is 0 Å². The summed E-state index contributed by atoms with van der Waals surface area (Å²) >= 11 is 0. The lowest BCUT2D eigenvalue weighted by Gasteiger charge is -2.23. The van der Waals surface area contributed by atoms with Crippen LogP contribution in [-0.4, -0.2) is 62.1 Å². The minimum absolute atomic E-state index is 0.0155. The van der Waals surface area contributed by atoms with Gasteiger partial charge in [-0.15, -0.1) is 0 Å². The van der Waals surface area contributed by atoms with Gasteiger partial charge in [-0.1, -0.05) is 18.2 Å². The fraction of sp³-hybridized carbons (Fsp3) is 0.238. The first-order chi connectivity index (χ1) is 15.0. The fourth-order valence-corrected chi connectivity index (χ4v) is 3.16. The van der Waals surface area contributed by atoms with Crippen molar-refractivity contribution in [2.45, 2.75) is 12.6 Å². The Kier molecular flexibility index (Phi) is 7.31. The first-order valence-electron chi connectivity index (χ1n) is 9.55. The minimum Gasteiger partial charge on any atom is -0.478 e. The van der Waals surface area contributed by atoms with Crippen LogP contribution >= 0.6 is 0 Å². The van der Waals surface area contributed by atoms with Crippen LogP contribution in [0.15, 0.2) is 65.6 Å². The standard InChI is InChI=1S/C17H18N4O2.C4H4O4/c22-17-20(12-14-11-18-9-10-23-14)16-15(7-4-8-19-16)21(17)13-5-2-1-3-6-13;5-3(6)1-2-4(7)8/h1-8,14,18H,9-12H2;1-2H,(H,5,6)(H,7,8)/b;2-1-. The zero-order valence-corrected chi connectivity index (χ0v) is 16.5. The smallest absolute Gasteiger partial charge is 0.335 e. The lowest BCUT2D eigenvalue weighted by Crippen LogP contribution is -2.42. The van der Waals surface area contributed by atoms with Crippen molar-refractivity contribution in [2.24, 2.45) is 0 Å². The predicted octanol–water partition coefficient (Wildman–Crippen LogP) is 0.887. The van der Waals surface area contributed by atoms with Crippen molar-refractivity contribution < 1.29 is 24.5 Å². The highest BCUT2D eigenvalue weighted by Gasteiger charge is 2.20. The number of aliphatic carboxylic acids is 2. The normalized spacial score (nSPS) is 16.1. The first kappa shape index (κ1) is 21.9. The van der Waals surface area contributed by atoms with E-state index in [1.807, 2.05) is 42.5 Å². The molecule has 10 heteroatoms. The maximum Gasteiger partial charge on any atom is 0.335 e. The third kappa shape index (κ3) is 5.65. The van der Waals surface area contributed by atoms with Gasteiger partial charge in [0.25, 0.3) is 0 Å². The molecule has 0 saturated carbocycles. The second-order valence-electron chi connectivity index (χ2n) is 6.62. The number of fused-ring (bicyclic) bond motifs is 1. The minimum atomic E-state index is -1.26. The summed E-state index contributed by atoms with van der Waals surface area (Å²) in [5, 5.41) is 18.9. The molecule has 162 valence electrons. The number of hydrogen-bond donors (Lipinski definition) is 3. The number of carbonyl (C=O) groups is 2. The summed E-state index contributed by atoms with van der Waals surface area (Å²) in [4.78, 5) is 36.5. The van der Waals surface area contributed by atoms with Crippen molar-refractivity contribution in [3.8, 4) is 5.69 Å². The Morgan fingerprint density at radius 2 is 1.84 bits per heavy atom. The van der Waals surface area contributed by atoms with E-state index < -0.39 is 11.9 Å². The van der Waals surface area contributed by atoms with E-state index in [1.165, 1.54) is 0 Å². The molecule has 3 heterocycles. The second-order valence-corrected chi connectivity index (χ2v) is 6.62. The molecule has 1 fully saturated rings. The molecule has 1 unspecified atom stereocenters. The molecule has 1 atom stereocenters. The molecule has 0 radical (unpaired) electrons. The molecular weight excluding hydrogens is 404 g/mol. The summed E-state index contributed by atoms with van der Waals surface area (Å²) in [5.74, 6) is -2.51. The van der Waals surface area contributed by atoms with Crippen molar-refractivity contribution in [1.29, 1.82) is 0 Å². The van der Waals surface area contributed by atoms with Crippen molar-refractivity contribution >= 4 is 23.1 Å². The Balaban J connectivity index is 0.000000293. The maximum atomic E-state index is 13.0. The number of carboxylic acids is 2. The van der Waals surface area contributed by atoms with Gasteiger partial charge in [-0.05, 0) is 24.3 Å². The number of aromatic nitrogens is 3. The Morgan fingerprint density at radius 1 is 1.13 bits per heavy atom. The molecule has 1 saturated heterocycles. The van der Waals surface area contributed by atoms with E-state index in [0.29, 0.717) is 31.0 Å². The molecule has 0 bridgehead atoms. The lowest BCUT2D eigenvalue weighted by atomic mass is 10.3. The van der Waals surface area contributed by atoms with Gasteiger partial charge in [0.15, 0.2) is 5.65 Å². The van der Waals surface area contributed by atoms with Crippen LogP contribution in [0.1, 0.15) is 0 Å². The summed E-state index contributed by atoms with van der Waals surface area (Å²) in [6.45, 7) is 2.77. The van der Waals surface area contributed by atoms with Gasteiger partial charge in [0.1, 0.15) is 0 Å². The fourth-order valence-electron chi connectivity index (χ4n) is 3.16. The molecule has 1 aliphatic rings. The van der Waals surface area contributed by atoms with Gasteiger partial charge in [0, 0.05) is 31.4 Å². The summed E-state index contributed by atoms with van der Waals surface area (Å²) < 4.78 is 9.16. The zero-order chi connectivity index (χ0) is 22.2. The molecule has 1 aromatic carbocycles. The number of morpholine rings is 1. The van der Waals surface area contributed by atoms with Crippen molar-refractivity contribution in [1.82, 2.24) is 19.4 Å². The number of pyridine rings is 1. The van der Waals surface area contributed by atoms with E-state index in [-0.39, 0.29) is 11.8 Å². The monoisotopic (exact) mass is 426 g/mol. The molecule has 10 nitrogen and oxygen atoms in total. The second kappa shape index (κ2) is 10.3. The van der Waals surface area contributed by atoms with Gasteiger partial charge in [-0.3, -0.25) is 9.13 Å². The van der Waals surface area contributed by atoms with Crippen LogP contribution < -0.4 is 11.0 Å². The van der Waals surface area contributed by atoms with E-state index in [9.17, 15) is 14.4 Å². The van der Waals surface area contributed by atoms with Gasteiger partial charge in [-0.25, -0.2) is 19.4 Å². The Morgan fingerprint density at radius 3 is 2.45 bits per heavy atom. The van der Waals surface area contributed by atoms with Crippen LogP contribution in [0.3, 0.4) is 0 Å². The molecule has 0 amide bonds. The number of nitrogens with zero attached hydrogens (tertiary/aromatic N) is 3. The molecular formula is C21H22N4O6. The van der Waals surface area contributed by atoms with E-state index in [2.05, 4.69) is 10.3 Å². The average molecular weight is 426 g/mol. The van der Waals surface area contributed by atoms with Crippen LogP contribution in [0.5, 0.6) is 0 Å². The van der Waals surface area contributed by atoms with Crippen molar-refractivity contribution in [3.05, 3.63) is 71.3 Å². The van der Waals surface area contributed by atoms with E-state index in [4.69, 9.17) is 14.9 Å². The molecule has 2 aromatic heterocycles. The number of rotatable bonds is 5. The zero-order valence-electron chi connectivity index (χ0n) is 16.5. The molecule has 3 aromatic rings. The van der Waals surface area contributed by atoms with Gasteiger partial charge in [0.05, 0.1) is 30.5 Å². The number of benzene rings is 1. The van der Waals surface area contributed by atoms with E-state index in [1.54, 1.807) is 15.3 Å². The Hall–Kier alpha value is -3.76. The van der Waals surface area contributed by atoms with Crippen LogP contribution in [0.4, 0.5) is 0 Å². The van der Waals surface area contributed by atoms with Crippen LogP contribution in [0, 0.1) is 0 Å².